The summed E-state index contributed by atoms with van der Waals surface area (Å²) in [6.07, 6.45) is 7.53. The van der Waals surface area contributed by atoms with Crippen molar-refractivity contribution in [2.45, 2.75) is 0 Å². The van der Waals surface area contributed by atoms with Crippen LogP contribution in [0.2, 0.25) is 0 Å². The summed E-state index contributed by atoms with van der Waals surface area (Å²) in [7, 11) is 6.06. The fourth-order valence-corrected chi connectivity index (χ4v) is 2.07. The second-order valence-electron chi connectivity index (χ2n) is 4.18. The van der Waals surface area contributed by atoms with E-state index in [0.717, 1.165) is 25.0 Å². The maximum Gasteiger partial charge on any atom is 0.396 e. The first-order chi connectivity index (χ1) is 8.25. The van der Waals surface area contributed by atoms with Crippen LogP contribution in [-0.4, -0.2) is 39.7 Å². The van der Waals surface area contributed by atoms with Gasteiger partial charge in [-0.15, -0.1) is 0 Å². The summed E-state index contributed by atoms with van der Waals surface area (Å²) < 4.78 is 4.02. The summed E-state index contributed by atoms with van der Waals surface area (Å²) in [6.45, 7) is 1.86. The fourth-order valence-electron chi connectivity index (χ4n) is 2.07. The van der Waals surface area contributed by atoms with Gasteiger partial charge in [-0.25, -0.2) is 9.97 Å². The second kappa shape index (κ2) is 5.18. The SMILES string of the molecule is Cn1ccnc1N1[B]N(c2nccn2C)CC1.[Pt]. The Morgan fingerprint density at radius 3 is 1.72 bits per heavy atom. The van der Waals surface area contributed by atoms with Crippen LogP contribution in [0.1, 0.15) is 0 Å². The zero-order chi connectivity index (χ0) is 11.8. The van der Waals surface area contributed by atoms with Crippen LogP contribution in [-0.2, 0) is 35.2 Å². The van der Waals surface area contributed by atoms with Crippen molar-refractivity contribution < 1.29 is 21.1 Å². The Morgan fingerprint density at radius 2 is 1.39 bits per heavy atom. The van der Waals surface area contributed by atoms with Crippen molar-refractivity contribution in [2.24, 2.45) is 14.1 Å². The average Bonchev–Trinajstić information content (AvgIpc) is 2.97. The molecule has 0 aromatic carbocycles. The van der Waals surface area contributed by atoms with Crippen LogP contribution in [0.25, 0.3) is 0 Å². The number of hydrogen-bond donors (Lipinski definition) is 0. The van der Waals surface area contributed by atoms with Crippen LogP contribution in [0, 0.1) is 0 Å². The molecule has 2 aromatic rings. The van der Waals surface area contributed by atoms with Gasteiger partial charge in [0.25, 0.3) is 0 Å². The molecule has 0 saturated carbocycles. The minimum absolute atomic E-state index is 0. The summed E-state index contributed by atoms with van der Waals surface area (Å²) in [4.78, 5) is 12.9. The van der Waals surface area contributed by atoms with Gasteiger partial charge in [0.2, 0.25) is 0 Å². The van der Waals surface area contributed by atoms with Crippen molar-refractivity contribution in [3.63, 3.8) is 0 Å². The van der Waals surface area contributed by atoms with E-state index < -0.39 is 0 Å². The van der Waals surface area contributed by atoms with Crippen LogP contribution in [0.3, 0.4) is 0 Å². The van der Waals surface area contributed by atoms with Crippen molar-refractivity contribution >= 4 is 19.4 Å². The van der Waals surface area contributed by atoms with E-state index in [-0.39, 0.29) is 21.1 Å². The first-order valence-electron chi connectivity index (χ1n) is 5.58. The molecule has 1 saturated heterocycles. The van der Waals surface area contributed by atoms with Gasteiger partial charge in [0.15, 0.2) is 11.9 Å². The zero-order valence-electron chi connectivity index (χ0n) is 10.3. The Morgan fingerprint density at radius 1 is 0.944 bits per heavy atom. The first-order valence-corrected chi connectivity index (χ1v) is 5.58. The molecule has 1 radical (unpaired) electrons. The molecular weight excluding hydrogens is 410 g/mol. The van der Waals surface area contributed by atoms with Gasteiger partial charge < -0.3 is 18.8 Å². The molecule has 97 valence electrons. The maximum atomic E-state index is 4.34. The molecule has 0 bridgehead atoms. The van der Waals surface area contributed by atoms with Crippen LogP contribution in [0.15, 0.2) is 24.8 Å². The fraction of sp³-hybridized carbons (Fsp3) is 0.400. The Bertz CT molecular complexity index is 478. The number of imidazole rings is 2. The van der Waals surface area contributed by atoms with Crippen LogP contribution >= 0.6 is 0 Å². The zero-order valence-corrected chi connectivity index (χ0v) is 12.6. The molecule has 3 heterocycles. The van der Waals surface area contributed by atoms with E-state index in [1.807, 2.05) is 48.0 Å². The molecule has 0 aliphatic carbocycles. The van der Waals surface area contributed by atoms with Crippen LogP contribution in [0.4, 0.5) is 11.9 Å². The second-order valence-corrected chi connectivity index (χ2v) is 4.18. The Hall–Kier alpha value is -1.23. The van der Waals surface area contributed by atoms with E-state index in [1.165, 1.54) is 0 Å². The molecule has 0 amide bonds. The van der Waals surface area contributed by atoms with Gasteiger partial charge in [0.1, 0.15) is 0 Å². The van der Waals surface area contributed by atoms with Crippen LogP contribution < -0.4 is 9.62 Å². The first kappa shape index (κ1) is 13.2. The van der Waals surface area contributed by atoms with Crippen molar-refractivity contribution in [1.29, 1.82) is 0 Å². The van der Waals surface area contributed by atoms with Crippen molar-refractivity contribution in [1.82, 2.24) is 19.1 Å². The predicted octanol–water partition coefficient (Wildman–Crippen LogP) is 0.0119. The molecule has 2 aromatic heterocycles. The van der Waals surface area contributed by atoms with Gasteiger partial charge in [0, 0.05) is 73.0 Å². The van der Waals surface area contributed by atoms with Gasteiger partial charge in [-0.2, -0.15) is 0 Å². The Balaban J connectivity index is 0.00000120. The Labute approximate surface area is 121 Å². The molecule has 1 aliphatic heterocycles. The van der Waals surface area contributed by atoms with Gasteiger partial charge in [-0.3, -0.25) is 0 Å². The third kappa shape index (κ3) is 2.19. The molecule has 0 unspecified atom stereocenters. The number of aryl methyl sites for hydroxylation is 2. The van der Waals surface area contributed by atoms with Gasteiger partial charge in [0.05, 0.1) is 0 Å². The number of anilines is 2. The Kier molecular flexibility index (Phi) is 3.80. The van der Waals surface area contributed by atoms with E-state index in [1.54, 1.807) is 0 Å². The van der Waals surface area contributed by atoms with Gasteiger partial charge in [-0.05, 0) is 0 Å². The molecule has 1 aliphatic rings. The standard InChI is InChI=1S/C10H14BN6.Pt/c1-14-5-3-12-9(14)16-7-8-17(11-16)10-13-4-6-15(10)2;/h3-6H,7-8H2,1-2H3;. The van der Waals surface area contributed by atoms with E-state index in [4.69, 9.17) is 0 Å². The maximum absolute atomic E-state index is 4.34. The van der Waals surface area contributed by atoms with E-state index in [0.29, 0.717) is 0 Å². The third-order valence-electron chi connectivity index (χ3n) is 2.97. The normalized spacial score (nSPS) is 14.6. The topological polar surface area (TPSA) is 42.1 Å². The smallest absolute Gasteiger partial charge is 0.367 e. The molecule has 18 heavy (non-hydrogen) atoms. The molecule has 0 atom stereocenters. The van der Waals surface area contributed by atoms with Crippen LogP contribution in [0.5, 0.6) is 0 Å². The molecule has 0 N–H and O–H groups in total. The molecule has 3 rings (SSSR count). The summed E-state index contributed by atoms with van der Waals surface area (Å²) in [5.41, 5.74) is 0. The monoisotopic (exact) mass is 424 g/mol. The number of nitrogens with zero attached hydrogens (tertiary/aromatic N) is 6. The molecule has 0 spiro atoms. The van der Waals surface area contributed by atoms with Crippen molar-refractivity contribution in [3.8, 4) is 0 Å². The van der Waals surface area contributed by atoms with Gasteiger partial charge in [-0.1, -0.05) is 0 Å². The summed E-state index contributed by atoms with van der Waals surface area (Å²) >= 11 is 0. The van der Waals surface area contributed by atoms with E-state index >= 15 is 0 Å². The summed E-state index contributed by atoms with van der Waals surface area (Å²) in [5.74, 6) is 1.92. The molecule has 8 heteroatoms. The largest absolute Gasteiger partial charge is 0.396 e. The van der Waals surface area contributed by atoms with Gasteiger partial charge >= 0.3 is 7.55 Å². The summed E-state index contributed by atoms with van der Waals surface area (Å²) in [6, 6.07) is 0. The molecule has 1 fully saturated rings. The third-order valence-corrected chi connectivity index (χ3v) is 2.97. The number of aromatic nitrogens is 4. The van der Waals surface area contributed by atoms with E-state index in [2.05, 4.69) is 27.1 Å². The van der Waals surface area contributed by atoms with E-state index in [9.17, 15) is 0 Å². The minimum atomic E-state index is 0. The quantitative estimate of drug-likeness (QED) is 0.638. The number of hydrogen-bond acceptors (Lipinski definition) is 4. The average molecular weight is 424 g/mol. The van der Waals surface area contributed by atoms with Crippen molar-refractivity contribution in [2.75, 3.05) is 22.7 Å². The molecular formula is C10H14BN6Pt. The predicted molar refractivity (Wildman–Crippen MR) is 66.9 cm³/mol. The minimum Gasteiger partial charge on any atom is -0.367 e. The van der Waals surface area contributed by atoms with Crippen molar-refractivity contribution in [3.05, 3.63) is 24.8 Å². The summed E-state index contributed by atoms with van der Waals surface area (Å²) in [5, 5.41) is 0. The molecule has 6 nitrogen and oxygen atoms in total. The number of rotatable bonds is 2.